The molecule has 1 unspecified atom stereocenters. The number of likely N-dealkylation sites (tertiary alicyclic amines) is 1. The van der Waals surface area contributed by atoms with Crippen molar-refractivity contribution in [3.63, 3.8) is 0 Å². The van der Waals surface area contributed by atoms with E-state index in [1.165, 1.54) is 12.8 Å². The van der Waals surface area contributed by atoms with Crippen molar-refractivity contribution in [2.45, 2.75) is 37.1 Å². The van der Waals surface area contributed by atoms with Gasteiger partial charge in [0.15, 0.2) is 0 Å². The highest BCUT2D eigenvalue weighted by Gasteiger charge is 2.33. The highest BCUT2D eigenvalue weighted by Crippen LogP contribution is 2.31. The number of rotatable bonds is 3. The lowest BCUT2D eigenvalue weighted by Crippen LogP contribution is -2.55. The first-order valence-electron chi connectivity index (χ1n) is 10.2. The zero-order valence-electron chi connectivity index (χ0n) is 16.8. The summed E-state index contributed by atoms with van der Waals surface area (Å²) in [7, 11) is -1.33. The predicted octanol–water partition coefficient (Wildman–Crippen LogP) is 0.996. The molecule has 0 aromatic heterocycles. The predicted molar refractivity (Wildman–Crippen MR) is 109 cm³/mol. The number of carbonyl (C=O) groups excluding carboxylic acids is 1. The van der Waals surface area contributed by atoms with Crippen molar-refractivity contribution in [3.8, 4) is 0 Å². The minimum absolute atomic E-state index is 0.00108. The van der Waals surface area contributed by atoms with Crippen molar-refractivity contribution in [2.24, 2.45) is 0 Å². The Bertz CT molecular complexity index is 849. The summed E-state index contributed by atoms with van der Waals surface area (Å²) >= 11 is 0. The fraction of sp³-hybridized carbons (Fsp3) is 0.650. The van der Waals surface area contributed by atoms with E-state index in [9.17, 15) is 13.2 Å². The van der Waals surface area contributed by atoms with E-state index >= 15 is 0 Å². The molecule has 28 heavy (non-hydrogen) atoms. The van der Waals surface area contributed by atoms with Gasteiger partial charge in [0.2, 0.25) is 15.9 Å². The number of carbonyl (C=O) groups is 1. The lowest BCUT2D eigenvalue weighted by atomic mass is 10.0. The van der Waals surface area contributed by atoms with Gasteiger partial charge in [0, 0.05) is 57.9 Å². The molecular weight excluding hydrogens is 376 g/mol. The van der Waals surface area contributed by atoms with Crippen LogP contribution in [0.1, 0.15) is 25.3 Å². The SMILES string of the molecule is CC(=O)N1CCc2cc(S(=O)(=O)N3CCN(C4CCCN(C)C4)CC3)ccc21. The Balaban J connectivity index is 1.44. The maximum Gasteiger partial charge on any atom is 0.243 e. The van der Waals surface area contributed by atoms with E-state index in [0.29, 0.717) is 37.0 Å². The Morgan fingerprint density at radius 1 is 1.07 bits per heavy atom. The molecule has 0 N–H and O–H groups in total. The van der Waals surface area contributed by atoms with Gasteiger partial charge in [-0.3, -0.25) is 9.69 Å². The number of hydrogen-bond donors (Lipinski definition) is 0. The number of piperidine rings is 1. The Hall–Kier alpha value is -1.48. The molecule has 3 heterocycles. The van der Waals surface area contributed by atoms with Crippen molar-refractivity contribution < 1.29 is 13.2 Å². The van der Waals surface area contributed by atoms with E-state index < -0.39 is 10.0 Å². The van der Waals surface area contributed by atoms with Crippen molar-refractivity contribution in [1.29, 1.82) is 0 Å². The average Bonchev–Trinajstić information content (AvgIpc) is 3.11. The summed E-state index contributed by atoms with van der Waals surface area (Å²) in [4.78, 5) is 18.6. The molecule has 2 fully saturated rings. The molecular formula is C20H30N4O3S. The van der Waals surface area contributed by atoms with Gasteiger partial charge < -0.3 is 9.80 Å². The molecule has 3 aliphatic rings. The molecule has 3 aliphatic heterocycles. The normalized spacial score (nSPS) is 25.1. The summed E-state index contributed by atoms with van der Waals surface area (Å²) in [5.74, 6) is -0.00108. The van der Waals surface area contributed by atoms with E-state index in [2.05, 4.69) is 16.8 Å². The first-order chi connectivity index (χ1) is 13.4. The molecule has 0 aliphatic carbocycles. The second kappa shape index (κ2) is 7.74. The Morgan fingerprint density at radius 3 is 2.50 bits per heavy atom. The molecule has 7 nitrogen and oxygen atoms in total. The van der Waals surface area contributed by atoms with Gasteiger partial charge >= 0.3 is 0 Å². The van der Waals surface area contributed by atoms with Crippen LogP contribution >= 0.6 is 0 Å². The molecule has 0 bridgehead atoms. The summed E-state index contributed by atoms with van der Waals surface area (Å²) in [5, 5.41) is 0. The van der Waals surface area contributed by atoms with Crippen LogP contribution in [0.5, 0.6) is 0 Å². The van der Waals surface area contributed by atoms with Gasteiger partial charge in [-0.2, -0.15) is 4.31 Å². The number of piperazine rings is 1. The Morgan fingerprint density at radius 2 is 1.82 bits per heavy atom. The number of hydrogen-bond acceptors (Lipinski definition) is 5. The molecule has 0 radical (unpaired) electrons. The first-order valence-corrected chi connectivity index (χ1v) is 11.6. The van der Waals surface area contributed by atoms with Gasteiger partial charge in [0.05, 0.1) is 4.90 Å². The van der Waals surface area contributed by atoms with Gasteiger partial charge in [-0.05, 0) is 56.6 Å². The lowest BCUT2D eigenvalue weighted by Gasteiger charge is -2.42. The highest BCUT2D eigenvalue weighted by atomic mass is 32.2. The minimum Gasteiger partial charge on any atom is -0.312 e. The second-order valence-corrected chi connectivity index (χ2v) is 10.1. The molecule has 0 spiro atoms. The average molecular weight is 407 g/mol. The number of anilines is 1. The number of fused-ring (bicyclic) bond motifs is 1. The fourth-order valence-electron chi connectivity index (χ4n) is 4.76. The van der Waals surface area contributed by atoms with Crippen LogP contribution in [0.2, 0.25) is 0 Å². The third-order valence-electron chi connectivity index (χ3n) is 6.35. The van der Waals surface area contributed by atoms with Gasteiger partial charge in [-0.25, -0.2) is 8.42 Å². The Labute approximate surface area is 167 Å². The molecule has 1 atom stereocenters. The molecule has 1 aromatic rings. The zero-order chi connectivity index (χ0) is 19.9. The molecule has 2 saturated heterocycles. The summed E-state index contributed by atoms with van der Waals surface area (Å²) in [6.45, 7) is 7.07. The molecule has 8 heteroatoms. The lowest BCUT2D eigenvalue weighted by molar-refractivity contribution is -0.116. The van der Waals surface area contributed by atoms with Gasteiger partial charge in [0.25, 0.3) is 0 Å². The number of sulfonamides is 1. The second-order valence-electron chi connectivity index (χ2n) is 8.21. The maximum absolute atomic E-state index is 13.2. The largest absolute Gasteiger partial charge is 0.312 e. The molecule has 1 amide bonds. The van der Waals surface area contributed by atoms with E-state index in [4.69, 9.17) is 0 Å². The Kier molecular flexibility index (Phi) is 5.48. The van der Waals surface area contributed by atoms with E-state index in [1.54, 1.807) is 34.3 Å². The van der Waals surface area contributed by atoms with Gasteiger partial charge in [0.1, 0.15) is 0 Å². The van der Waals surface area contributed by atoms with Crippen molar-refractivity contribution in [2.75, 3.05) is 57.8 Å². The van der Waals surface area contributed by atoms with Crippen molar-refractivity contribution in [3.05, 3.63) is 23.8 Å². The monoisotopic (exact) mass is 406 g/mol. The van der Waals surface area contributed by atoms with Crippen LogP contribution in [0.15, 0.2) is 23.1 Å². The van der Waals surface area contributed by atoms with Crippen LogP contribution in [0.3, 0.4) is 0 Å². The van der Waals surface area contributed by atoms with E-state index in [1.807, 2.05) is 0 Å². The summed E-state index contributed by atoms with van der Waals surface area (Å²) in [6, 6.07) is 5.74. The molecule has 154 valence electrons. The van der Waals surface area contributed by atoms with Crippen molar-refractivity contribution >= 4 is 21.6 Å². The van der Waals surface area contributed by atoms with Crippen LogP contribution in [0, 0.1) is 0 Å². The van der Waals surface area contributed by atoms with Crippen LogP contribution in [-0.2, 0) is 21.2 Å². The third-order valence-corrected chi connectivity index (χ3v) is 8.25. The summed E-state index contributed by atoms with van der Waals surface area (Å²) in [5.41, 5.74) is 1.79. The topological polar surface area (TPSA) is 64.2 Å². The molecule has 0 saturated carbocycles. The van der Waals surface area contributed by atoms with Crippen molar-refractivity contribution in [1.82, 2.24) is 14.1 Å². The molecule has 4 rings (SSSR count). The number of amides is 1. The van der Waals surface area contributed by atoms with E-state index in [0.717, 1.165) is 37.4 Å². The van der Waals surface area contributed by atoms with Crippen LogP contribution in [0.25, 0.3) is 0 Å². The maximum atomic E-state index is 13.2. The van der Waals surface area contributed by atoms with Crippen LogP contribution in [0.4, 0.5) is 5.69 Å². The summed E-state index contributed by atoms with van der Waals surface area (Å²) in [6.07, 6.45) is 3.13. The van der Waals surface area contributed by atoms with Crippen LogP contribution < -0.4 is 4.90 Å². The highest BCUT2D eigenvalue weighted by molar-refractivity contribution is 7.89. The first kappa shape index (κ1) is 19.8. The molecule has 1 aromatic carbocycles. The van der Waals surface area contributed by atoms with Crippen LogP contribution in [-0.4, -0.2) is 87.3 Å². The standard InChI is InChI=1S/C20H30N4O3S/c1-16(25)24-9-7-17-14-19(5-6-20(17)24)28(26,27)23-12-10-22(11-13-23)18-4-3-8-21(2)15-18/h5-6,14,18H,3-4,7-13,15H2,1-2H3. The number of benzene rings is 1. The third kappa shape index (κ3) is 3.70. The smallest absolute Gasteiger partial charge is 0.243 e. The van der Waals surface area contributed by atoms with Gasteiger partial charge in [-0.15, -0.1) is 0 Å². The quantitative estimate of drug-likeness (QED) is 0.749. The minimum atomic E-state index is -3.49. The van der Waals surface area contributed by atoms with E-state index in [-0.39, 0.29) is 5.91 Å². The summed E-state index contributed by atoms with van der Waals surface area (Å²) < 4.78 is 27.9. The fourth-order valence-corrected chi connectivity index (χ4v) is 6.23. The number of nitrogens with zero attached hydrogens (tertiary/aromatic N) is 4. The zero-order valence-corrected chi connectivity index (χ0v) is 17.6. The number of likely N-dealkylation sites (N-methyl/N-ethyl adjacent to an activating group) is 1. The van der Waals surface area contributed by atoms with Gasteiger partial charge in [-0.1, -0.05) is 0 Å².